The van der Waals surface area contributed by atoms with Crippen molar-refractivity contribution < 1.29 is 26.4 Å². The fraction of sp³-hybridized carbons (Fsp3) is 0.125. The van der Waals surface area contributed by atoms with Crippen molar-refractivity contribution in [1.29, 1.82) is 0 Å². The summed E-state index contributed by atoms with van der Waals surface area (Å²) in [6.45, 7) is 0.387. The molecule has 10 heteroatoms. The molecule has 0 unspecified atom stereocenters. The van der Waals surface area contributed by atoms with Crippen molar-refractivity contribution in [2.75, 3.05) is 11.3 Å². The Balaban J connectivity index is 1.38. The molecule has 0 aliphatic rings. The van der Waals surface area contributed by atoms with Crippen molar-refractivity contribution in [1.82, 2.24) is 10.3 Å². The second-order valence-electron chi connectivity index (χ2n) is 7.57. The monoisotopic (exact) mass is 487 g/mol. The molecule has 4 aromatic rings. The quantitative estimate of drug-likeness (QED) is 0.344. The zero-order valence-corrected chi connectivity index (χ0v) is 18.5. The first-order valence-electron chi connectivity index (χ1n) is 10.3. The first-order valence-corrected chi connectivity index (χ1v) is 11.8. The molecular formula is C24H20F3N3O3S. The molecule has 0 aliphatic heterocycles. The number of amides is 1. The largest absolute Gasteiger partial charge is 0.416 e. The summed E-state index contributed by atoms with van der Waals surface area (Å²) in [4.78, 5) is 15.4. The minimum absolute atomic E-state index is 0.180. The lowest BCUT2D eigenvalue weighted by atomic mass is 10.1. The second kappa shape index (κ2) is 9.22. The number of halogens is 3. The Morgan fingerprint density at radius 1 is 0.941 bits per heavy atom. The lowest BCUT2D eigenvalue weighted by molar-refractivity contribution is -0.137. The number of aromatic nitrogens is 1. The van der Waals surface area contributed by atoms with Crippen LogP contribution in [-0.4, -0.2) is 25.9 Å². The van der Waals surface area contributed by atoms with Crippen LogP contribution in [0.3, 0.4) is 0 Å². The van der Waals surface area contributed by atoms with E-state index in [9.17, 15) is 26.4 Å². The molecule has 3 N–H and O–H groups in total. The molecule has 0 saturated carbocycles. The maximum Gasteiger partial charge on any atom is 0.416 e. The molecule has 0 saturated heterocycles. The Labute approximate surface area is 193 Å². The summed E-state index contributed by atoms with van der Waals surface area (Å²) in [5.74, 6) is -0.366. The van der Waals surface area contributed by atoms with Gasteiger partial charge in [-0.25, -0.2) is 8.42 Å². The Morgan fingerprint density at radius 2 is 1.68 bits per heavy atom. The number of hydrogen-bond donors (Lipinski definition) is 3. The van der Waals surface area contributed by atoms with Crippen LogP contribution in [0.25, 0.3) is 10.9 Å². The Morgan fingerprint density at radius 3 is 2.41 bits per heavy atom. The maximum absolute atomic E-state index is 12.9. The van der Waals surface area contributed by atoms with Gasteiger partial charge in [-0.15, -0.1) is 0 Å². The van der Waals surface area contributed by atoms with Crippen LogP contribution >= 0.6 is 0 Å². The Bertz CT molecular complexity index is 1430. The smallest absolute Gasteiger partial charge is 0.361 e. The van der Waals surface area contributed by atoms with Crippen molar-refractivity contribution in [3.63, 3.8) is 0 Å². The highest BCUT2D eigenvalue weighted by Crippen LogP contribution is 2.31. The van der Waals surface area contributed by atoms with Gasteiger partial charge in [0.1, 0.15) is 0 Å². The number of carbonyl (C=O) groups excluding carboxylic acids is 1. The van der Waals surface area contributed by atoms with Gasteiger partial charge in [0.2, 0.25) is 0 Å². The number of alkyl halides is 3. The second-order valence-corrected chi connectivity index (χ2v) is 9.26. The fourth-order valence-electron chi connectivity index (χ4n) is 3.51. The maximum atomic E-state index is 12.9. The number of carbonyl (C=O) groups is 1. The van der Waals surface area contributed by atoms with Gasteiger partial charge in [0, 0.05) is 34.9 Å². The molecule has 6 nitrogen and oxygen atoms in total. The normalized spacial score (nSPS) is 12.0. The van der Waals surface area contributed by atoms with Crippen molar-refractivity contribution in [3.8, 4) is 0 Å². The van der Waals surface area contributed by atoms with Crippen LogP contribution < -0.4 is 10.0 Å². The molecule has 0 atom stereocenters. The standard InChI is InChI=1S/C24H20F3N3O3S/c25-24(26,27)18-4-3-5-19(14-18)30-34(32,33)20-10-8-16(9-11-20)23(31)28-13-12-17-15-29-22-7-2-1-6-21(17)22/h1-11,14-15,29-30H,12-13H2,(H,28,31). The van der Waals surface area contributed by atoms with Gasteiger partial charge in [-0.3, -0.25) is 9.52 Å². The van der Waals surface area contributed by atoms with Gasteiger partial charge in [0.05, 0.1) is 10.5 Å². The summed E-state index contributed by atoms with van der Waals surface area (Å²) in [6, 6.07) is 16.9. The topological polar surface area (TPSA) is 91.1 Å². The van der Waals surface area contributed by atoms with E-state index in [2.05, 4.69) is 15.0 Å². The number of benzene rings is 3. The summed E-state index contributed by atoms with van der Waals surface area (Å²) in [7, 11) is -4.14. The van der Waals surface area contributed by atoms with E-state index in [0.717, 1.165) is 28.6 Å². The summed E-state index contributed by atoms with van der Waals surface area (Å²) in [5.41, 5.74) is 1.16. The molecule has 1 heterocycles. The van der Waals surface area contributed by atoms with Crippen LogP contribution in [0.1, 0.15) is 21.5 Å². The van der Waals surface area contributed by atoms with E-state index in [1.165, 1.54) is 30.3 Å². The highest BCUT2D eigenvalue weighted by Gasteiger charge is 2.30. The van der Waals surface area contributed by atoms with Gasteiger partial charge < -0.3 is 10.3 Å². The summed E-state index contributed by atoms with van der Waals surface area (Å²) < 4.78 is 65.8. The molecule has 0 fully saturated rings. The molecule has 3 aromatic carbocycles. The highest BCUT2D eigenvalue weighted by atomic mass is 32.2. The molecule has 0 spiro atoms. The zero-order valence-electron chi connectivity index (χ0n) is 17.7. The summed E-state index contributed by atoms with van der Waals surface area (Å²) in [5, 5.41) is 3.88. The Hall–Kier alpha value is -3.79. The van der Waals surface area contributed by atoms with Gasteiger partial charge in [-0.05, 0) is 60.5 Å². The average molecular weight is 488 g/mol. The predicted molar refractivity (Wildman–Crippen MR) is 123 cm³/mol. The molecule has 0 bridgehead atoms. The van der Waals surface area contributed by atoms with Crippen molar-refractivity contribution in [2.24, 2.45) is 0 Å². The Kier molecular flexibility index (Phi) is 6.34. The third-order valence-electron chi connectivity index (χ3n) is 5.22. The van der Waals surface area contributed by atoms with Crippen LogP contribution in [0.15, 0.2) is 83.9 Å². The van der Waals surface area contributed by atoms with Crippen LogP contribution in [-0.2, 0) is 22.6 Å². The molecule has 4 rings (SSSR count). The molecule has 1 aromatic heterocycles. The van der Waals surface area contributed by atoms with Crippen LogP contribution in [0.2, 0.25) is 0 Å². The number of anilines is 1. The van der Waals surface area contributed by atoms with Crippen LogP contribution in [0, 0.1) is 0 Å². The summed E-state index contributed by atoms with van der Waals surface area (Å²) >= 11 is 0. The molecule has 176 valence electrons. The third-order valence-corrected chi connectivity index (χ3v) is 6.62. The number of aromatic amines is 1. The van der Waals surface area contributed by atoms with E-state index >= 15 is 0 Å². The number of H-pyrrole nitrogens is 1. The third kappa shape index (κ3) is 5.23. The molecule has 0 radical (unpaired) electrons. The van der Waals surface area contributed by atoms with E-state index in [0.29, 0.717) is 19.0 Å². The van der Waals surface area contributed by atoms with E-state index in [-0.39, 0.29) is 22.1 Å². The van der Waals surface area contributed by atoms with Crippen molar-refractivity contribution in [2.45, 2.75) is 17.5 Å². The van der Waals surface area contributed by atoms with Crippen LogP contribution in [0.4, 0.5) is 18.9 Å². The number of sulfonamides is 1. The highest BCUT2D eigenvalue weighted by molar-refractivity contribution is 7.92. The van der Waals surface area contributed by atoms with Gasteiger partial charge in [0.15, 0.2) is 0 Å². The van der Waals surface area contributed by atoms with E-state index < -0.39 is 21.8 Å². The van der Waals surface area contributed by atoms with Gasteiger partial charge in [-0.1, -0.05) is 24.3 Å². The molecule has 34 heavy (non-hydrogen) atoms. The lowest BCUT2D eigenvalue weighted by Gasteiger charge is -2.11. The molecule has 0 aliphatic carbocycles. The number of nitrogens with one attached hydrogen (secondary N) is 3. The predicted octanol–water partition coefficient (Wildman–Crippen LogP) is 4.96. The SMILES string of the molecule is O=C(NCCc1c[nH]c2ccccc12)c1ccc(S(=O)(=O)Nc2cccc(C(F)(F)F)c2)cc1. The van der Waals surface area contributed by atoms with Gasteiger partial charge >= 0.3 is 6.18 Å². The lowest BCUT2D eigenvalue weighted by Crippen LogP contribution is -2.25. The summed E-state index contributed by atoms with van der Waals surface area (Å²) in [6.07, 6.45) is -2.08. The number of rotatable bonds is 7. The number of hydrogen-bond acceptors (Lipinski definition) is 3. The van der Waals surface area contributed by atoms with E-state index in [1.54, 1.807) is 0 Å². The fourth-order valence-corrected chi connectivity index (χ4v) is 4.56. The van der Waals surface area contributed by atoms with Crippen molar-refractivity contribution in [3.05, 3.63) is 95.7 Å². The van der Waals surface area contributed by atoms with Gasteiger partial charge in [0.25, 0.3) is 15.9 Å². The first kappa shape index (κ1) is 23.4. The van der Waals surface area contributed by atoms with E-state index in [1.807, 2.05) is 30.5 Å². The van der Waals surface area contributed by atoms with E-state index in [4.69, 9.17) is 0 Å². The van der Waals surface area contributed by atoms with Gasteiger partial charge in [-0.2, -0.15) is 13.2 Å². The number of para-hydroxylation sites is 1. The molecule has 1 amide bonds. The minimum Gasteiger partial charge on any atom is -0.361 e. The minimum atomic E-state index is -4.59. The number of fused-ring (bicyclic) bond motifs is 1. The average Bonchev–Trinajstić information content (AvgIpc) is 3.21. The zero-order chi connectivity index (χ0) is 24.3. The van der Waals surface area contributed by atoms with Crippen molar-refractivity contribution >= 4 is 32.5 Å². The molecular weight excluding hydrogens is 467 g/mol. The van der Waals surface area contributed by atoms with Crippen LogP contribution in [0.5, 0.6) is 0 Å². The first-order chi connectivity index (χ1) is 16.1.